The summed E-state index contributed by atoms with van der Waals surface area (Å²) < 4.78 is 5.19. The summed E-state index contributed by atoms with van der Waals surface area (Å²) in [6.07, 6.45) is 7.21. The highest BCUT2D eigenvalue weighted by molar-refractivity contribution is 5.86. The summed E-state index contributed by atoms with van der Waals surface area (Å²) in [6.45, 7) is 2.24. The molecule has 0 bridgehead atoms. The van der Waals surface area contributed by atoms with Gasteiger partial charge in [0.05, 0.1) is 12.5 Å². The van der Waals surface area contributed by atoms with Gasteiger partial charge in [-0.25, -0.2) is 0 Å². The number of ether oxygens (including phenoxy) is 1. The molecule has 1 aromatic carbocycles. The van der Waals surface area contributed by atoms with E-state index in [0.717, 1.165) is 18.4 Å². The van der Waals surface area contributed by atoms with Gasteiger partial charge in [0.25, 0.3) is 0 Å². The second-order valence-electron chi connectivity index (χ2n) is 7.01. The molecule has 3 N–H and O–H groups in total. The molecule has 0 heterocycles. The zero-order valence-corrected chi connectivity index (χ0v) is 15.1. The van der Waals surface area contributed by atoms with Gasteiger partial charge >= 0.3 is 5.97 Å². The van der Waals surface area contributed by atoms with E-state index in [0.29, 0.717) is 5.92 Å². The predicted molar refractivity (Wildman–Crippen MR) is 97.6 cm³/mol. The van der Waals surface area contributed by atoms with Gasteiger partial charge in [0.15, 0.2) is 0 Å². The van der Waals surface area contributed by atoms with Crippen LogP contribution in [0.5, 0.6) is 0 Å². The first-order valence-electron chi connectivity index (χ1n) is 9.31. The van der Waals surface area contributed by atoms with Crippen molar-refractivity contribution in [3.8, 4) is 0 Å². The number of benzene rings is 1. The molecule has 1 amide bonds. The number of rotatable bonds is 7. The van der Waals surface area contributed by atoms with E-state index in [-0.39, 0.29) is 25.0 Å². The summed E-state index contributed by atoms with van der Waals surface area (Å²) in [6, 6.07) is 8.67. The summed E-state index contributed by atoms with van der Waals surface area (Å²) >= 11 is 0. The van der Waals surface area contributed by atoms with Gasteiger partial charge in [-0.05, 0) is 31.2 Å². The number of esters is 1. The molecule has 0 aromatic heterocycles. The Morgan fingerprint density at radius 3 is 2.44 bits per heavy atom. The molecule has 2 rings (SSSR count). The molecule has 1 aliphatic carbocycles. The number of hydrogen-bond acceptors (Lipinski definition) is 4. The van der Waals surface area contributed by atoms with Crippen LogP contribution in [-0.4, -0.2) is 24.0 Å². The Hall–Kier alpha value is -1.88. The van der Waals surface area contributed by atoms with Crippen molar-refractivity contribution in [2.45, 2.75) is 70.6 Å². The van der Waals surface area contributed by atoms with Crippen molar-refractivity contribution in [3.05, 3.63) is 35.9 Å². The quantitative estimate of drug-likeness (QED) is 0.587. The highest BCUT2D eigenvalue weighted by Gasteiger charge is 2.24. The third kappa shape index (κ3) is 6.86. The van der Waals surface area contributed by atoms with Gasteiger partial charge in [0.2, 0.25) is 5.91 Å². The molecular formula is C20H30N2O3. The number of carbonyl (C=O) groups excluding carboxylic acids is 2. The zero-order valence-electron chi connectivity index (χ0n) is 15.1. The lowest BCUT2D eigenvalue weighted by Crippen LogP contribution is -2.47. The molecular weight excluding hydrogens is 316 g/mol. The van der Waals surface area contributed by atoms with Crippen molar-refractivity contribution in [3.63, 3.8) is 0 Å². The van der Waals surface area contributed by atoms with E-state index in [9.17, 15) is 9.59 Å². The fourth-order valence-electron chi connectivity index (χ4n) is 3.33. The molecule has 0 spiro atoms. The summed E-state index contributed by atoms with van der Waals surface area (Å²) in [5.74, 6) is -0.217. The van der Waals surface area contributed by atoms with Crippen molar-refractivity contribution >= 4 is 11.9 Å². The molecule has 0 unspecified atom stereocenters. The maximum atomic E-state index is 12.2. The van der Waals surface area contributed by atoms with Crippen LogP contribution in [0.2, 0.25) is 0 Å². The van der Waals surface area contributed by atoms with Gasteiger partial charge in [-0.2, -0.15) is 0 Å². The Kier molecular flexibility index (Phi) is 7.92. The molecule has 0 saturated heterocycles. The predicted octanol–water partition coefficient (Wildman–Crippen LogP) is 2.92. The van der Waals surface area contributed by atoms with E-state index in [1.54, 1.807) is 0 Å². The second-order valence-corrected chi connectivity index (χ2v) is 7.01. The van der Waals surface area contributed by atoms with Crippen molar-refractivity contribution in [1.82, 2.24) is 5.32 Å². The Bertz CT molecular complexity index is 539. The Labute approximate surface area is 150 Å². The largest absolute Gasteiger partial charge is 0.461 e. The van der Waals surface area contributed by atoms with E-state index < -0.39 is 12.0 Å². The minimum absolute atomic E-state index is 0.0944. The van der Waals surface area contributed by atoms with Gasteiger partial charge < -0.3 is 15.8 Å². The molecule has 1 fully saturated rings. The van der Waals surface area contributed by atoms with Crippen molar-refractivity contribution in [1.29, 1.82) is 0 Å². The first-order valence-corrected chi connectivity index (χ1v) is 9.31. The van der Waals surface area contributed by atoms with E-state index in [1.165, 1.54) is 25.7 Å². The van der Waals surface area contributed by atoms with E-state index >= 15 is 0 Å². The van der Waals surface area contributed by atoms with Crippen LogP contribution in [0.4, 0.5) is 0 Å². The zero-order chi connectivity index (χ0) is 18.1. The third-order valence-electron chi connectivity index (χ3n) is 4.94. The van der Waals surface area contributed by atoms with Crippen molar-refractivity contribution in [2.75, 3.05) is 0 Å². The van der Waals surface area contributed by atoms with Crippen LogP contribution < -0.4 is 11.1 Å². The van der Waals surface area contributed by atoms with Crippen LogP contribution in [0.3, 0.4) is 0 Å². The highest BCUT2D eigenvalue weighted by atomic mass is 16.5. The first-order chi connectivity index (χ1) is 12.1. The van der Waals surface area contributed by atoms with Gasteiger partial charge in [0, 0.05) is 6.04 Å². The molecule has 25 heavy (non-hydrogen) atoms. The molecule has 138 valence electrons. The number of hydrogen-bond donors (Lipinski definition) is 2. The standard InChI is InChI=1S/C20H30N2O3/c1-15(17-11-7-2-3-8-12-17)22-20(24)18(21)13-19(23)25-14-16-9-5-4-6-10-16/h4-6,9-10,15,17-18H,2-3,7-8,11-14,21H2,1H3,(H,22,24)/t15-,18+/m1/s1. The summed E-state index contributed by atoms with van der Waals surface area (Å²) in [5, 5.41) is 2.98. The Balaban J connectivity index is 1.72. The minimum Gasteiger partial charge on any atom is -0.461 e. The van der Waals surface area contributed by atoms with Crippen LogP contribution in [0, 0.1) is 5.92 Å². The van der Waals surface area contributed by atoms with Crippen LogP contribution >= 0.6 is 0 Å². The maximum absolute atomic E-state index is 12.2. The van der Waals surface area contributed by atoms with Crippen LogP contribution in [0.1, 0.15) is 57.4 Å². The van der Waals surface area contributed by atoms with E-state index in [1.807, 2.05) is 37.3 Å². The Morgan fingerprint density at radius 2 is 1.80 bits per heavy atom. The lowest BCUT2D eigenvalue weighted by Gasteiger charge is -2.25. The monoisotopic (exact) mass is 346 g/mol. The number of amides is 1. The summed E-state index contributed by atoms with van der Waals surface area (Å²) in [5.41, 5.74) is 6.80. The lowest BCUT2D eigenvalue weighted by molar-refractivity contribution is -0.146. The molecule has 2 atom stereocenters. The van der Waals surface area contributed by atoms with Gasteiger partial charge in [-0.1, -0.05) is 56.0 Å². The van der Waals surface area contributed by atoms with Crippen LogP contribution in [0.15, 0.2) is 30.3 Å². The number of nitrogens with one attached hydrogen (secondary N) is 1. The molecule has 5 nitrogen and oxygen atoms in total. The summed E-state index contributed by atoms with van der Waals surface area (Å²) in [7, 11) is 0. The van der Waals surface area contributed by atoms with Crippen molar-refractivity contribution in [2.24, 2.45) is 11.7 Å². The minimum atomic E-state index is -0.864. The van der Waals surface area contributed by atoms with Gasteiger partial charge in [0.1, 0.15) is 6.61 Å². The molecule has 1 saturated carbocycles. The van der Waals surface area contributed by atoms with Gasteiger partial charge in [-0.15, -0.1) is 0 Å². The molecule has 0 aliphatic heterocycles. The fourth-order valence-corrected chi connectivity index (χ4v) is 3.33. The average Bonchev–Trinajstić information content (AvgIpc) is 2.90. The molecule has 5 heteroatoms. The van der Waals surface area contributed by atoms with E-state index in [4.69, 9.17) is 10.5 Å². The summed E-state index contributed by atoms with van der Waals surface area (Å²) in [4.78, 5) is 24.1. The first kappa shape index (κ1) is 19.4. The molecule has 0 radical (unpaired) electrons. The smallest absolute Gasteiger partial charge is 0.308 e. The topological polar surface area (TPSA) is 81.4 Å². The average molecular weight is 346 g/mol. The van der Waals surface area contributed by atoms with E-state index in [2.05, 4.69) is 5.32 Å². The Morgan fingerprint density at radius 1 is 1.16 bits per heavy atom. The maximum Gasteiger partial charge on any atom is 0.308 e. The number of nitrogens with two attached hydrogens (primary N) is 1. The van der Waals surface area contributed by atoms with Crippen LogP contribution in [0.25, 0.3) is 0 Å². The molecule has 1 aromatic rings. The second kappa shape index (κ2) is 10.2. The SMILES string of the molecule is C[C@@H](NC(=O)[C@@H](N)CC(=O)OCc1ccccc1)C1CCCCCC1. The van der Waals surface area contributed by atoms with Gasteiger partial charge in [-0.3, -0.25) is 9.59 Å². The number of carbonyl (C=O) groups is 2. The molecule has 1 aliphatic rings. The van der Waals surface area contributed by atoms with Crippen molar-refractivity contribution < 1.29 is 14.3 Å². The lowest BCUT2D eigenvalue weighted by atomic mass is 9.93. The van der Waals surface area contributed by atoms with Crippen LogP contribution in [-0.2, 0) is 20.9 Å². The fraction of sp³-hybridized carbons (Fsp3) is 0.600. The highest BCUT2D eigenvalue weighted by Crippen LogP contribution is 2.25. The normalized spacial score (nSPS) is 18.0. The third-order valence-corrected chi connectivity index (χ3v) is 4.94.